The Balaban J connectivity index is 1.09. The van der Waals surface area contributed by atoms with Gasteiger partial charge in [-0.2, -0.15) is 0 Å². The van der Waals surface area contributed by atoms with Crippen molar-refractivity contribution in [3.8, 4) is 33.6 Å². The van der Waals surface area contributed by atoms with E-state index in [-0.39, 0.29) is 0 Å². The first-order valence-electron chi connectivity index (χ1n) is 14.0. The smallest absolute Gasteiger partial charge is 0.124 e. The van der Waals surface area contributed by atoms with Gasteiger partial charge < -0.3 is 20.6 Å². The van der Waals surface area contributed by atoms with Gasteiger partial charge in [-0.25, -0.2) is 9.97 Å². The van der Waals surface area contributed by atoms with Crippen LogP contribution >= 0.6 is 0 Å². The fourth-order valence-electron chi connectivity index (χ4n) is 5.92. The van der Waals surface area contributed by atoms with Crippen LogP contribution in [0.4, 0.5) is 0 Å². The van der Waals surface area contributed by atoms with Crippen LogP contribution in [0.5, 0.6) is 0 Å². The van der Waals surface area contributed by atoms with E-state index in [1.165, 1.54) is 47.6 Å². The molecule has 2 aliphatic heterocycles. The third-order valence-corrected chi connectivity index (χ3v) is 8.14. The highest BCUT2D eigenvalue weighted by Gasteiger charge is 2.19. The summed E-state index contributed by atoms with van der Waals surface area (Å²) >= 11 is 0. The van der Waals surface area contributed by atoms with Gasteiger partial charge in [-0.3, -0.25) is 0 Å². The van der Waals surface area contributed by atoms with Crippen molar-refractivity contribution in [1.29, 1.82) is 0 Å². The Kier molecular flexibility index (Phi) is 6.27. The maximum Gasteiger partial charge on any atom is 0.124 e. The lowest BCUT2D eigenvalue weighted by Crippen LogP contribution is -2.27. The van der Waals surface area contributed by atoms with Gasteiger partial charge in [0.15, 0.2) is 0 Å². The van der Waals surface area contributed by atoms with Crippen LogP contribution in [0.2, 0.25) is 0 Å². The Morgan fingerprint density at radius 3 is 1.97 bits per heavy atom. The molecule has 38 heavy (non-hydrogen) atoms. The first-order valence-corrected chi connectivity index (χ1v) is 14.0. The zero-order valence-corrected chi connectivity index (χ0v) is 21.6. The minimum absolute atomic E-state index is 0.344. The minimum atomic E-state index is 0.344. The van der Waals surface area contributed by atoms with Crippen molar-refractivity contribution in [1.82, 2.24) is 30.6 Å². The number of H-pyrrole nitrogens is 2. The molecule has 6 heteroatoms. The van der Waals surface area contributed by atoms with Crippen LogP contribution in [0.1, 0.15) is 62.3 Å². The molecule has 2 fully saturated rings. The number of aromatic amines is 2. The maximum atomic E-state index is 4.91. The van der Waals surface area contributed by atoms with Crippen LogP contribution in [0.15, 0.2) is 73.1 Å². The third kappa shape index (κ3) is 4.66. The second kappa shape index (κ2) is 10.2. The monoisotopic (exact) mass is 502 g/mol. The first kappa shape index (κ1) is 23.4. The number of imidazole rings is 2. The Morgan fingerprint density at radius 2 is 1.26 bits per heavy atom. The van der Waals surface area contributed by atoms with Crippen molar-refractivity contribution in [3.63, 3.8) is 0 Å². The van der Waals surface area contributed by atoms with Gasteiger partial charge in [-0.15, -0.1) is 0 Å². The summed E-state index contributed by atoms with van der Waals surface area (Å²) in [6, 6.07) is 22.8. The molecular weight excluding hydrogens is 468 g/mol. The van der Waals surface area contributed by atoms with E-state index in [4.69, 9.17) is 4.98 Å². The number of fused-ring (bicyclic) bond motifs is 1. The normalized spacial score (nSPS) is 20.1. The predicted molar refractivity (Wildman–Crippen MR) is 154 cm³/mol. The number of aromatic nitrogens is 4. The second-order valence-corrected chi connectivity index (χ2v) is 10.7. The summed E-state index contributed by atoms with van der Waals surface area (Å²) in [4.78, 5) is 16.5. The molecule has 7 rings (SSSR count). The van der Waals surface area contributed by atoms with Crippen LogP contribution in [0.3, 0.4) is 0 Å². The number of benzene rings is 3. The molecule has 2 unspecified atom stereocenters. The van der Waals surface area contributed by atoms with Crippen LogP contribution in [-0.4, -0.2) is 33.0 Å². The minimum Gasteiger partial charge on any atom is -0.347 e. The molecule has 5 aromatic rings. The molecule has 6 nitrogen and oxygen atoms in total. The topological polar surface area (TPSA) is 81.4 Å². The van der Waals surface area contributed by atoms with Gasteiger partial charge in [0, 0.05) is 11.8 Å². The van der Waals surface area contributed by atoms with E-state index in [9.17, 15) is 0 Å². The molecule has 0 spiro atoms. The molecular formula is C32H34N6. The zero-order chi connectivity index (χ0) is 25.3. The molecule has 4 heterocycles. The molecule has 0 amide bonds. The lowest BCUT2D eigenvalue weighted by Gasteiger charge is -2.21. The van der Waals surface area contributed by atoms with Crippen LogP contribution < -0.4 is 10.6 Å². The van der Waals surface area contributed by atoms with Crippen molar-refractivity contribution >= 4 is 10.8 Å². The van der Waals surface area contributed by atoms with Crippen molar-refractivity contribution in [2.75, 3.05) is 13.1 Å². The van der Waals surface area contributed by atoms with Gasteiger partial charge in [0.2, 0.25) is 0 Å². The predicted octanol–water partition coefficient (Wildman–Crippen LogP) is 6.92. The molecule has 0 aliphatic carbocycles. The Bertz CT molecular complexity index is 1530. The number of piperidine rings is 2. The van der Waals surface area contributed by atoms with E-state index in [0.717, 1.165) is 60.1 Å². The number of nitrogens with zero attached hydrogens (tertiary/aromatic N) is 2. The van der Waals surface area contributed by atoms with E-state index in [0.29, 0.717) is 12.1 Å². The van der Waals surface area contributed by atoms with Crippen LogP contribution in [-0.2, 0) is 0 Å². The van der Waals surface area contributed by atoms with Crippen LogP contribution in [0.25, 0.3) is 44.4 Å². The van der Waals surface area contributed by atoms with Gasteiger partial charge >= 0.3 is 0 Å². The standard InChI is InChI=1S/C32H34N6/c1-3-15-33-27(5-1)31-35-19-29(37-31)22-9-7-21(8-10-22)23-11-12-25-18-26(14-13-24(25)17-23)30-20-36-32(38-30)28-6-2-4-16-34-28/h7-14,17-20,27-28,33-34H,1-6,15-16H2,(H,35,37)(H,36,38). The van der Waals surface area contributed by atoms with Crippen molar-refractivity contribution in [3.05, 3.63) is 84.7 Å². The average Bonchev–Trinajstić information content (AvgIpc) is 3.69. The van der Waals surface area contributed by atoms with Gasteiger partial charge in [-0.1, -0.05) is 61.4 Å². The van der Waals surface area contributed by atoms with Gasteiger partial charge in [0.1, 0.15) is 11.6 Å². The van der Waals surface area contributed by atoms with Gasteiger partial charge in [0.05, 0.1) is 29.7 Å². The molecule has 0 radical (unpaired) electrons. The summed E-state index contributed by atoms with van der Waals surface area (Å²) in [5, 5.41) is 9.61. The molecule has 2 aromatic heterocycles. The fourth-order valence-corrected chi connectivity index (χ4v) is 5.92. The molecule has 0 saturated carbocycles. The summed E-state index contributed by atoms with van der Waals surface area (Å²) in [5.41, 5.74) is 6.83. The lowest BCUT2D eigenvalue weighted by molar-refractivity contribution is 0.399. The average molecular weight is 503 g/mol. The molecule has 2 saturated heterocycles. The second-order valence-electron chi connectivity index (χ2n) is 10.7. The Morgan fingerprint density at radius 1 is 0.632 bits per heavy atom. The number of nitrogens with one attached hydrogen (secondary N) is 4. The van der Waals surface area contributed by atoms with E-state index in [1.807, 2.05) is 12.4 Å². The SMILES string of the molecule is c1cc(-c2cnc(C3CCCCN3)[nH]2)ccc1-c1ccc2cc(-c3c[nH]c(C4CCCCN4)n3)ccc2c1. The van der Waals surface area contributed by atoms with Crippen molar-refractivity contribution in [2.45, 2.75) is 50.6 Å². The highest BCUT2D eigenvalue weighted by atomic mass is 15.0. The molecule has 192 valence electrons. The Hall–Kier alpha value is -3.74. The Labute approximate surface area is 223 Å². The summed E-state index contributed by atoms with van der Waals surface area (Å²) in [6.45, 7) is 2.15. The summed E-state index contributed by atoms with van der Waals surface area (Å²) < 4.78 is 0. The summed E-state index contributed by atoms with van der Waals surface area (Å²) in [7, 11) is 0. The van der Waals surface area contributed by atoms with E-state index < -0.39 is 0 Å². The highest BCUT2D eigenvalue weighted by molar-refractivity contribution is 5.90. The quantitative estimate of drug-likeness (QED) is 0.210. The maximum absolute atomic E-state index is 4.91. The summed E-state index contributed by atoms with van der Waals surface area (Å²) in [6.07, 6.45) is 11.3. The van der Waals surface area contributed by atoms with E-state index in [1.54, 1.807) is 0 Å². The summed E-state index contributed by atoms with van der Waals surface area (Å²) in [5.74, 6) is 2.10. The largest absolute Gasteiger partial charge is 0.347 e. The molecule has 4 N–H and O–H groups in total. The fraction of sp³-hybridized carbons (Fsp3) is 0.312. The highest BCUT2D eigenvalue weighted by Crippen LogP contribution is 2.31. The molecule has 0 bridgehead atoms. The van der Waals surface area contributed by atoms with E-state index >= 15 is 0 Å². The van der Waals surface area contributed by atoms with E-state index in [2.05, 4.69) is 86.2 Å². The molecule has 2 aliphatic rings. The van der Waals surface area contributed by atoms with Crippen molar-refractivity contribution < 1.29 is 0 Å². The van der Waals surface area contributed by atoms with Gasteiger partial charge in [0.25, 0.3) is 0 Å². The molecule has 3 aromatic carbocycles. The van der Waals surface area contributed by atoms with Gasteiger partial charge in [-0.05, 0) is 78.4 Å². The van der Waals surface area contributed by atoms with Crippen molar-refractivity contribution in [2.24, 2.45) is 0 Å². The number of rotatable bonds is 5. The third-order valence-electron chi connectivity index (χ3n) is 8.14. The number of hydrogen-bond acceptors (Lipinski definition) is 4. The lowest BCUT2D eigenvalue weighted by atomic mass is 9.98. The zero-order valence-electron chi connectivity index (χ0n) is 21.6. The first-order chi connectivity index (χ1) is 18.8. The number of hydrogen-bond donors (Lipinski definition) is 4. The molecule has 2 atom stereocenters. The van der Waals surface area contributed by atoms with Crippen LogP contribution in [0, 0.1) is 0 Å².